The second-order valence-corrected chi connectivity index (χ2v) is 8.56. The van der Waals surface area contributed by atoms with Crippen LogP contribution in [0, 0.1) is 11.8 Å². The van der Waals surface area contributed by atoms with E-state index in [9.17, 15) is 0 Å². The van der Waals surface area contributed by atoms with Crippen molar-refractivity contribution in [2.24, 2.45) is 11.8 Å². The third kappa shape index (κ3) is 1.64. The minimum Gasteiger partial charge on any atom is -0.381 e. The molecule has 0 aromatic rings. The Morgan fingerprint density at radius 2 is 1.31 bits per heavy atom. The summed E-state index contributed by atoms with van der Waals surface area (Å²) in [5.74, 6) is 1.49. The standard InChI is InChI=1S/C10H18OS2/c1-9(2)7-5-11-6-8(7)10(3,4)13-12-9/h7-8H,5-6H2,1-4H3. The zero-order valence-corrected chi connectivity index (χ0v) is 10.4. The van der Waals surface area contributed by atoms with Gasteiger partial charge in [-0.25, -0.2) is 0 Å². The number of ether oxygens (including phenoxy) is 1. The van der Waals surface area contributed by atoms with Gasteiger partial charge in [0.2, 0.25) is 0 Å². The lowest BCUT2D eigenvalue weighted by Crippen LogP contribution is -2.45. The van der Waals surface area contributed by atoms with Crippen molar-refractivity contribution in [2.75, 3.05) is 13.2 Å². The van der Waals surface area contributed by atoms with Gasteiger partial charge in [-0.15, -0.1) is 0 Å². The van der Waals surface area contributed by atoms with Crippen molar-refractivity contribution in [1.29, 1.82) is 0 Å². The van der Waals surface area contributed by atoms with E-state index in [1.807, 2.05) is 21.6 Å². The molecule has 0 saturated carbocycles. The molecule has 3 heteroatoms. The van der Waals surface area contributed by atoms with Gasteiger partial charge in [0.1, 0.15) is 0 Å². The second-order valence-electron chi connectivity index (χ2n) is 5.12. The second kappa shape index (κ2) is 3.07. The molecule has 76 valence electrons. The van der Waals surface area contributed by atoms with Gasteiger partial charge in [0, 0.05) is 21.3 Å². The molecule has 0 aliphatic carbocycles. The lowest BCUT2D eigenvalue weighted by Gasteiger charge is -2.46. The summed E-state index contributed by atoms with van der Waals surface area (Å²) in [6.07, 6.45) is 0. The van der Waals surface area contributed by atoms with Crippen LogP contribution in [-0.2, 0) is 4.74 Å². The molecule has 0 N–H and O–H groups in total. The van der Waals surface area contributed by atoms with Crippen molar-refractivity contribution in [3.05, 3.63) is 0 Å². The molecule has 0 bridgehead atoms. The van der Waals surface area contributed by atoms with Gasteiger partial charge < -0.3 is 4.74 Å². The molecule has 2 rings (SSSR count). The Bertz CT molecular complexity index is 191. The molecule has 2 heterocycles. The van der Waals surface area contributed by atoms with Crippen molar-refractivity contribution in [2.45, 2.75) is 37.2 Å². The largest absolute Gasteiger partial charge is 0.381 e. The molecule has 0 radical (unpaired) electrons. The number of hydrogen-bond acceptors (Lipinski definition) is 3. The highest BCUT2D eigenvalue weighted by molar-refractivity contribution is 8.77. The van der Waals surface area contributed by atoms with Crippen molar-refractivity contribution in [3.8, 4) is 0 Å². The van der Waals surface area contributed by atoms with E-state index in [1.165, 1.54) is 0 Å². The Morgan fingerprint density at radius 1 is 0.923 bits per heavy atom. The van der Waals surface area contributed by atoms with Crippen LogP contribution in [0.3, 0.4) is 0 Å². The molecular formula is C10H18OS2. The maximum atomic E-state index is 5.64. The van der Waals surface area contributed by atoms with E-state index in [0.717, 1.165) is 25.0 Å². The summed E-state index contributed by atoms with van der Waals surface area (Å²) < 4.78 is 6.42. The maximum absolute atomic E-state index is 5.64. The third-order valence-electron chi connectivity index (χ3n) is 3.34. The number of rotatable bonds is 0. The zero-order chi connectivity index (χ0) is 9.69. The first-order chi connectivity index (χ1) is 5.93. The molecule has 0 aromatic carbocycles. The van der Waals surface area contributed by atoms with E-state index in [-0.39, 0.29) is 0 Å². The van der Waals surface area contributed by atoms with Gasteiger partial charge in [0.15, 0.2) is 0 Å². The fourth-order valence-electron chi connectivity index (χ4n) is 2.26. The molecule has 0 amide bonds. The molecule has 0 spiro atoms. The van der Waals surface area contributed by atoms with Gasteiger partial charge in [-0.2, -0.15) is 0 Å². The average molecular weight is 218 g/mol. The Balaban J connectivity index is 2.24. The average Bonchev–Trinajstić information content (AvgIpc) is 2.48. The summed E-state index contributed by atoms with van der Waals surface area (Å²) in [6.45, 7) is 11.3. The van der Waals surface area contributed by atoms with E-state index in [0.29, 0.717) is 9.49 Å². The van der Waals surface area contributed by atoms with Crippen LogP contribution >= 0.6 is 21.6 Å². The molecule has 0 aromatic heterocycles. The van der Waals surface area contributed by atoms with E-state index in [4.69, 9.17) is 4.74 Å². The smallest absolute Gasteiger partial charge is 0.0511 e. The maximum Gasteiger partial charge on any atom is 0.0511 e. The van der Waals surface area contributed by atoms with Gasteiger partial charge >= 0.3 is 0 Å². The SMILES string of the molecule is CC1(C)SSC(C)(C)C2COCC21. The number of fused-ring (bicyclic) bond motifs is 1. The van der Waals surface area contributed by atoms with E-state index >= 15 is 0 Å². The Hall–Kier alpha value is 0.660. The summed E-state index contributed by atoms with van der Waals surface area (Å²) >= 11 is 0. The van der Waals surface area contributed by atoms with Gasteiger partial charge in [-0.05, 0) is 27.7 Å². The van der Waals surface area contributed by atoms with E-state index in [2.05, 4.69) is 27.7 Å². The van der Waals surface area contributed by atoms with Crippen molar-refractivity contribution < 1.29 is 4.74 Å². The van der Waals surface area contributed by atoms with Crippen LogP contribution in [0.4, 0.5) is 0 Å². The molecule has 2 aliphatic heterocycles. The predicted molar refractivity (Wildman–Crippen MR) is 61.1 cm³/mol. The van der Waals surface area contributed by atoms with Crippen LogP contribution in [0.25, 0.3) is 0 Å². The Labute approximate surface area is 88.8 Å². The summed E-state index contributed by atoms with van der Waals surface area (Å²) in [5, 5.41) is 0. The minimum absolute atomic E-state index is 0.390. The zero-order valence-electron chi connectivity index (χ0n) is 8.79. The first-order valence-electron chi connectivity index (χ1n) is 4.88. The predicted octanol–water partition coefficient (Wildman–Crippen LogP) is 3.20. The highest BCUT2D eigenvalue weighted by Gasteiger charge is 2.51. The molecule has 2 saturated heterocycles. The highest BCUT2D eigenvalue weighted by atomic mass is 33.1. The van der Waals surface area contributed by atoms with Crippen molar-refractivity contribution in [3.63, 3.8) is 0 Å². The van der Waals surface area contributed by atoms with Crippen LogP contribution < -0.4 is 0 Å². The lowest BCUT2D eigenvalue weighted by molar-refractivity contribution is 0.175. The van der Waals surface area contributed by atoms with Crippen LogP contribution in [0.15, 0.2) is 0 Å². The molecule has 13 heavy (non-hydrogen) atoms. The monoisotopic (exact) mass is 218 g/mol. The fraction of sp³-hybridized carbons (Fsp3) is 1.00. The Morgan fingerprint density at radius 3 is 1.69 bits per heavy atom. The van der Waals surface area contributed by atoms with Crippen LogP contribution in [0.2, 0.25) is 0 Å². The van der Waals surface area contributed by atoms with Crippen LogP contribution in [-0.4, -0.2) is 22.7 Å². The lowest BCUT2D eigenvalue weighted by atomic mass is 9.78. The van der Waals surface area contributed by atoms with E-state index in [1.54, 1.807) is 0 Å². The highest BCUT2D eigenvalue weighted by Crippen LogP contribution is 2.60. The molecule has 1 nitrogen and oxygen atoms in total. The minimum atomic E-state index is 0.390. The van der Waals surface area contributed by atoms with Gasteiger partial charge in [-0.1, -0.05) is 21.6 Å². The first-order valence-corrected chi connectivity index (χ1v) is 7.03. The molecule has 2 aliphatic rings. The van der Waals surface area contributed by atoms with Gasteiger partial charge in [0.25, 0.3) is 0 Å². The number of hydrogen-bond donors (Lipinski definition) is 0. The topological polar surface area (TPSA) is 9.23 Å². The van der Waals surface area contributed by atoms with Gasteiger partial charge in [-0.3, -0.25) is 0 Å². The Kier molecular flexibility index (Phi) is 2.41. The quantitative estimate of drug-likeness (QED) is 0.578. The fourth-order valence-corrected chi connectivity index (χ4v) is 5.43. The summed E-state index contributed by atoms with van der Waals surface area (Å²) in [5.41, 5.74) is 0. The molecule has 2 fully saturated rings. The normalized spacial score (nSPS) is 41.5. The summed E-state index contributed by atoms with van der Waals surface area (Å²) in [6, 6.07) is 0. The van der Waals surface area contributed by atoms with Gasteiger partial charge in [0.05, 0.1) is 13.2 Å². The van der Waals surface area contributed by atoms with Crippen LogP contribution in [0.5, 0.6) is 0 Å². The summed E-state index contributed by atoms with van der Waals surface area (Å²) in [4.78, 5) is 0. The van der Waals surface area contributed by atoms with Crippen LogP contribution in [0.1, 0.15) is 27.7 Å². The van der Waals surface area contributed by atoms with Crippen molar-refractivity contribution >= 4 is 21.6 Å². The molecule has 2 unspecified atom stereocenters. The molecular weight excluding hydrogens is 200 g/mol. The molecule has 2 atom stereocenters. The van der Waals surface area contributed by atoms with E-state index < -0.39 is 0 Å². The first kappa shape index (κ1) is 10.2. The summed E-state index contributed by atoms with van der Waals surface area (Å²) in [7, 11) is 4.08. The van der Waals surface area contributed by atoms with Crippen molar-refractivity contribution in [1.82, 2.24) is 0 Å². The third-order valence-corrected chi connectivity index (χ3v) is 7.71.